The minimum absolute atomic E-state index is 0.125. The van der Waals surface area contributed by atoms with E-state index in [1.54, 1.807) is 25.1 Å². The normalized spacial score (nSPS) is 15.1. The highest BCUT2D eigenvalue weighted by molar-refractivity contribution is 7.98. The van der Waals surface area contributed by atoms with E-state index in [0.717, 1.165) is 11.1 Å². The Bertz CT molecular complexity index is 1270. The Morgan fingerprint density at radius 3 is 2.78 bits per heavy atom. The Morgan fingerprint density at radius 2 is 2.00 bits per heavy atom. The van der Waals surface area contributed by atoms with Gasteiger partial charge >= 0.3 is 0 Å². The second kappa shape index (κ2) is 9.18. The van der Waals surface area contributed by atoms with E-state index in [1.807, 2.05) is 25.1 Å². The minimum atomic E-state index is -0.954. The molecule has 0 saturated heterocycles. The van der Waals surface area contributed by atoms with Gasteiger partial charge in [0, 0.05) is 22.9 Å². The number of thioether (sulfide) groups is 1. The maximum absolute atomic E-state index is 13.0. The molecule has 1 aliphatic heterocycles. The van der Waals surface area contributed by atoms with Crippen LogP contribution in [0.4, 0.5) is 11.5 Å². The lowest BCUT2D eigenvalue weighted by Gasteiger charge is -2.24. The molecular formula is C23H21ClN4O3S. The fraction of sp³-hybridized carbons (Fsp3) is 0.217. The first-order valence-corrected chi connectivity index (χ1v) is 11.4. The van der Waals surface area contributed by atoms with Gasteiger partial charge in [-0.2, -0.15) is 0 Å². The van der Waals surface area contributed by atoms with Crippen molar-refractivity contribution in [2.24, 2.45) is 0 Å². The second-order valence-electron chi connectivity index (χ2n) is 7.62. The zero-order valence-electron chi connectivity index (χ0n) is 17.5. The third-order valence-electron chi connectivity index (χ3n) is 5.23. The predicted molar refractivity (Wildman–Crippen MR) is 126 cm³/mol. The number of carbonyl (C=O) groups excluding carboxylic acids is 2. The quantitative estimate of drug-likeness (QED) is 0.380. The number of hydrogen-bond donors (Lipinski definition) is 3. The summed E-state index contributed by atoms with van der Waals surface area (Å²) < 4.78 is 0. The molecule has 1 aliphatic rings. The molecule has 2 aromatic carbocycles. The van der Waals surface area contributed by atoms with Crippen molar-refractivity contribution in [3.8, 4) is 0 Å². The number of rotatable bonds is 5. The van der Waals surface area contributed by atoms with Crippen LogP contribution in [0.2, 0.25) is 5.02 Å². The number of hydrogen-bond acceptors (Lipinski definition) is 5. The monoisotopic (exact) mass is 468 g/mol. The predicted octanol–water partition coefficient (Wildman–Crippen LogP) is 4.40. The van der Waals surface area contributed by atoms with E-state index in [-0.39, 0.29) is 23.7 Å². The maximum Gasteiger partial charge on any atom is 0.257 e. The van der Waals surface area contributed by atoms with Crippen LogP contribution in [0.5, 0.6) is 0 Å². The Morgan fingerprint density at radius 1 is 1.22 bits per heavy atom. The van der Waals surface area contributed by atoms with Crippen LogP contribution >= 0.6 is 23.4 Å². The summed E-state index contributed by atoms with van der Waals surface area (Å²) in [5.41, 5.74) is 3.19. The number of amides is 2. The van der Waals surface area contributed by atoms with Crippen molar-refractivity contribution in [2.75, 3.05) is 10.6 Å². The van der Waals surface area contributed by atoms with Crippen LogP contribution < -0.4 is 16.2 Å². The molecule has 1 atom stereocenters. The molecule has 0 saturated carbocycles. The molecule has 32 heavy (non-hydrogen) atoms. The second-order valence-corrected chi connectivity index (χ2v) is 8.99. The number of aromatic nitrogens is 2. The van der Waals surface area contributed by atoms with Crippen molar-refractivity contribution in [3.05, 3.63) is 80.1 Å². The Kier molecular flexibility index (Phi) is 6.34. The van der Waals surface area contributed by atoms with Crippen LogP contribution in [0.1, 0.15) is 34.6 Å². The average Bonchev–Trinajstić information content (AvgIpc) is 2.74. The number of aryl methyl sites for hydroxylation is 1. The fourth-order valence-corrected chi connectivity index (χ4v) is 4.54. The van der Waals surface area contributed by atoms with Gasteiger partial charge in [0.05, 0.1) is 11.5 Å². The van der Waals surface area contributed by atoms with Crippen molar-refractivity contribution < 1.29 is 9.59 Å². The summed E-state index contributed by atoms with van der Waals surface area (Å²) in [6, 6.07) is 13.2. The van der Waals surface area contributed by atoms with E-state index >= 15 is 0 Å². The summed E-state index contributed by atoms with van der Waals surface area (Å²) in [4.78, 5) is 45.3. The van der Waals surface area contributed by atoms with Gasteiger partial charge in [-0.3, -0.25) is 14.4 Å². The molecule has 1 aromatic heterocycles. The Hall–Kier alpha value is -3.10. The van der Waals surface area contributed by atoms with Gasteiger partial charge in [-0.05, 0) is 37.1 Å². The lowest BCUT2D eigenvalue weighted by Crippen LogP contribution is -2.36. The molecule has 7 nitrogen and oxygen atoms in total. The molecule has 3 N–H and O–H groups in total. The topological polar surface area (TPSA) is 104 Å². The molecule has 4 rings (SSSR count). The smallest absolute Gasteiger partial charge is 0.257 e. The maximum atomic E-state index is 13.0. The molecule has 0 unspecified atom stereocenters. The molecule has 164 valence electrons. The van der Waals surface area contributed by atoms with Gasteiger partial charge in [0.2, 0.25) is 11.8 Å². The lowest BCUT2D eigenvalue weighted by molar-refractivity contribution is -0.123. The lowest BCUT2D eigenvalue weighted by atomic mass is 9.92. The van der Waals surface area contributed by atoms with E-state index in [1.165, 1.54) is 11.8 Å². The molecule has 2 amide bonds. The van der Waals surface area contributed by atoms with E-state index in [9.17, 15) is 14.4 Å². The highest BCUT2D eigenvalue weighted by Gasteiger charge is 2.35. The molecule has 0 bridgehead atoms. The van der Waals surface area contributed by atoms with Crippen LogP contribution in [0.15, 0.2) is 52.4 Å². The van der Waals surface area contributed by atoms with Crippen molar-refractivity contribution in [1.29, 1.82) is 0 Å². The van der Waals surface area contributed by atoms with Crippen molar-refractivity contribution in [2.45, 2.75) is 37.1 Å². The summed E-state index contributed by atoms with van der Waals surface area (Å²) in [6.45, 7) is 3.80. The van der Waals surface area contributed by atoms with Gasteiger partial charge in [0.15, 0.2) is 5.16 Å². The number of nitrogens with zero attached hydrogens (tertiary/aromatic N) is 1. The van der Waals surface area contributed by atoms with Gasteiger partial charge in [-0.15, -0.1) is 0 Å². The van der Waals surface area contributed by atoms with Gasteiger partial charge < -0.3 is 15.6 Å². The molecule has 0 aliphatic carbocycles. The summed E-state index contributed by atoms with van der Waals surface area (Å²) in [6.07, 6.45) is -0.140. The Balaban J connectivity index is 1.59. The van der Waals surface area contributed by atoms with Crippen LogP contribution in [0, 0.1) is 13.8 Å². The SMILES string of the molecule is Cc1cccc(CSc2nc3c(c(=O)[nH]2)[C@@H](C(=O)Nc2cccc(Cl)c2C)CC(=O)N3)c1. The summed E-state index contributed by atoms with van der Waals surface area (Å²) in [7, 11) is 0. The average molecular weight is 469 g/mol. The third kappa shape index (κ3) is 4.71. The molecular weight excluding hydrogens is 448 g/mol. The summed E-state index contributed by atoms with van der Waals surface area (Å²) >= 11 is 7.48. The van der Waals surface area contributed by atoms with Gasteiger partial charge in [0.25, 0.3) is 5.56 Å². The molecule has 3 aromatic rings. The molecule has 9 heteroatoms. The third-order valence-corrected chi connectivity index (χ3v) is 6.58. The van der Waals surface area contributed by atoms with E-state index in [2.05, 4.69) is 26.7 Å². The Labute approximate surface area is 194 Å². The zero-order chi connectivity index (χ0) is 22.8. The molecule has 0 spiro atoms. The van der Waals surface area contributed by atoms with Gasteiger partial charge in [-0.1, -0.05) is 59.3 Å². The largest absolute Gasteiger partial charge is 0.325 e. The molecule has 0 radical (unpaired) electrons. The minimum Gasteiger partial charge on any atom is -0.325 e. The first-order valence-electron chi connectivity index (χ1n) is 10.00. The number of carbonyl (C=O) groups is 2. The summed E-state index contributed by atoms with van der Waals surface area (Å²) in [5.74, 6) is -1.05. The van der Waals surface area contributed by atoms with Crippen molar-refractivity contribution >= 4 is 46.7 Å². The number of fused-ring (bicyclic) bond motifs is 1. The van der Waals surface area contributed by atoms with Crippen LogP contribution in [0.3, 0.4) is 0 Å². The van der Waals surface area contributed by atoms with E-state index < -0.39 is 17.4 Å². The van der Waals surface area contributed by atoms with Gasteiger partial charge in [-0.25, -0.2) is 4.98 Å². The fourth-order valence-electron chi connectivity index (χ4n) is 3.56. The number of anilines is 2. The first kappa shape index (κ1) is 22.1. The standard InChI is InChI=1S/C23H21ClN4O3S/c1-12-5-3-6-14(9-12)11-32-23-27-20-19(22(31)28-23)15(10-18(29)26-20)21(30)25-17-8-4-7-16(24)13(17)2/h3-9,15H,10-11H2,1-2H3,(H,25,30)(H2,26,27,28,29,31)/t15-/m0/s1. The molecule has 0 fully saturated rings. The number of H-pyrrole nitrogens is 1. The number of nitrogens with one attached hydrogen (secondary N) is 3. The van der Waals surface area contributed by atoms with Crippen molar-refractivity contribution in [1.82, 2.24) is 9.97 Å². The van der Waals surface area contributed by atoms with Crippen LogP contribution in [-0.2, 0) is 15.3 Å². The highest BCUT2D eigenvalue weighted by Crippen LogP contribution is 2.32. The highest BCUT2D eigenvalue weighted by atomic mass is 35.5. The van der Waals surface area contributed by atoms with E-state index in [4.69, 9.17) is 11.6 Å². The van der Waals surface area contributed by atoms with Crippen molar-refractivity contribution in [3.63, 3.8) is 0 Å². The number of aromatic amines is 1. The number of benzene rings is 2. The van der Waals surface area contributed by atoms with Crippen LogP contribution in [-0.4, -0.2) is 21.8 Å². The van der Waals surface area contributed by atoms with Crippen LogP contribution in [0.25, 0.3) is 0 Å². The first-order chi connectivity index (χ1) is 15.3. The van der Waals surface area contributed by atoms with Gasteiger partial charge in [0.1, 0.15) is 5.82 Å². The number of halogens is 1. The summed E-state index contributed by atoms with van der Waals surface area (Å²) in [5, 5.41) is 6.31. The molecule has 2 heterocycles. The zero-order valence-corrected chi connectivity index (χ0v) is 19.1. The van der Waals surface area contributed by atoms with E-state index in [0.29, 0.717) is 27.2 Å².